The van der Waals surface area contributed by atoms with Gasteiger partial charge in [0.15, 0.2) is 23.0 Å². The van der Waals surface area contributed by atoms with Crippen molar-refractivity contribution in [2.75, 3.05) is 27.0 Å². The Labute approximate surface area is 185 Å². The molecule has 164 valence electrons. The quantitative estimate of drug-likeness (QED) is 0.555. The fourth-order valence-electron chi connectivity index (χ4n) is 4.18. The number of ether oxygens (including phenoxy) is 3. The molecule has 1 amide bonds. The number of fused-ring (bicyclic) bond motifs is 1. The van der Waals surface area contributed by atoms with Crippen LogP contribution in [0.2, 0.25) is 0 Å². The zero-order valence-corrected chi connectivity index (χ0v) is 17.7. The minimum atomic E-state index is -0.260. The van der Waals surface area contributed by atoms with Crippen molar-refractivity contribution in [3.8, 4) is 28.6 Å². The number of furan rings is 1. The maximum atomic E-state index is 13.1. The Bertz CT molecular complexity index is 1150. The highest BCUT2D eigenvalue weighted by Crippen LogP contribution is 2.34. The van der Waals surface area contributed by atoms with Crippen molar-refractivity contribution in [3.05, 3.63) is 65.9 Å². The van der Waals surface area contributed by atoms with Gasteiger partial charge in [-0.1, -0.05) is 0 Å². The number of piperidine rings is 1. The zero-order valence-electron chi connectivity index (χ0n) is 17.7. The monoisotopic (exact) mass is 433 g/mol. The van der Waals surface area contributed by atoms with Gasteiger partial charge in [0, 0.05) is 30.1 Å². The van der Waals surface area contributed by atoms with Crippen molar-refractivity contribution in [1.29, 1.82) is 0 Å². The highest BCUT2D eigenvalue weighted by Gasteiger charge is 2.31. The number of amides is 1. The van der Waals surface area contributed by atoms with E-state index in [1.165, 1.54) is 0 Å². The Hall–Kier alpha value is -3.74. The molecule has 0 aliphatic carbocycles. The fraction of sp³-hybridized carbons (Fsp3) is 0.280. The Kier molecular flexibility index (Phi) is 5.31. The van der Waals surface area contributed by atoms with Crippen molar-refractivity contribution in [3.63, 3.8) is 0 Å². The first-order chi connectivity index (χ1) is 15.6. The molecule has 2 aliphatic heterocycles. The summed E-state index contributed by atoms with van der Waals surface area (Å²) in [7, 11) is 1.61. The van der Waals surface area contributed by atoms with Crippen LogP contribution in [0.25, 0.3) is 11.3 Å². The standard InChI is InChI=1S/C25H23NO6/c1-29-19-7-4-16(5-8-19)20-10-11-22(32-20)25(28)26-12-2-3-18(14-26)24(27)17-6-9-21-23(13-17)31-15-30-21/h4-11,13,18H,2-3,12,14-15H2,1H3. The molecule has 0 radical (unpaired) electrons. The molecule has 3 aromatic rings. The molecule has 7 nitrogen and oxygen atoms in total. The van der Waals surface area contributed by atoms with Gasteiger partial charge in [-0.05, 0) is 67.4 Å². The van der Waals surface area contributed by atoms with Gasteiger partial charge in [-0.2, -0.15) is 0 Å². The minimum absolute atomic E-state index is 0.0131. The molecule has 0 bridgehead atoms. The van der Waals surface area contributed by atoms with Crippen LogP contribution in [0.4, 0.5) is 0 Å². The molecular formula is C25H23NO6. The van der Waals surface area contributed by atoms with E-state index in [-0.39, 0.29) is 30.2 Å². The average Bonchev–Trinajstić information content (AvgIpc) is 3.53. The number of hydrogen-bond acceptors (Lipinski definition) is 6. The van der Waals surface area contributed by atoms with E-state index in [4.69, 9.17) is 18.6 Å². The molecule has 1 fully saturated rings. The summed E-state index contributed by atoms with van der Waals surface area (Å²) in [4.78, 5) is 27.8. The van der Waals surface area contributed by atoms with E-state index in [0.717, 1.165) is 24.2 Å². The molecule has 1 saturated heterocycles. The van der Waals surface area contributed by atoms with E-state index in [9.17, 15) is 9.59 Å². The predicted molar refractivity (Wildman–Crippen MR) is 116 cm³/mol. The lowest BCUT2D eigenvalue weighted by Gasteiger charge is -2.31. The summed E-state index contributed by atoms with van der Waals surface area (Å²) in [6.07, 6.45) is 1.51. The number of methoxy groups -OCH3 is 1. The molecule has 32 heavy (non-hydrogen) atoms. The lowest BCUT2D eigenvalue weighted by atomic mass is 9.89. The lowest BCUT2D eigenvalue weighted by molar-refractivity contribution is 0.0611. The van der Waals surface area contributed by atoms with E-state index in [0.29, 0.717) is 35.9 Å². The van der Waals surface area contributed by atoms with Crippen LogP contribution >= 0.6 is 0 Å². The Morgan fingerprint density at radius 1 is 1.00 bits per heavy atom. The highest BCUT2D eigenvalue weighted by atomic mass is 16.7. The predicted octanol–water partition coefficient (Wildman–Crippen LogP) is 4.42. The van der Waals surface area contributed by atoms with E-state index >= 15 is 0 Å². The van der Waals surface area contributed by atoms with Crippen LogP contribution in [-0.2, 0) is 0 Å². The molecule has 0 spiro atoms. The van der Waals surface area contributed by atoms with Crippen LogP contribution in [-0.4, -0.2) is 43.6 Å². The summed E-state index contributed by atoms with van der Waals surface area (Å²) in [5.41, 5.74) is 1.44. The molecule has 3 heterocycles. The van der Waals surface area contributed by atoms with Crippen LogP contribution in [0.3, 0.4) is 0 Å². The number of hydrogen-bond donors (Lipinski definition) is 0. The molecule has 2 aromatic carbocycles. The first kappa shape index (κ1) is 20.2. The largest absolute Gasteiger partial charge is 0.497 e. The number of rotatable bonds is 5. The summed E-state index contributed by atoms with van der Waals surface area (Å²) in [6.45, 7) is 1.13. The first-order valence-corrected chi connectivity index (χ1v) is 10.6. The van der Waals surface area contributed by atoms with E-state index in [1.54, 1.807) is 42.3 Å². The third-order valence-electron chi connectivity index (χ3n) is 5.93. The van der Waals surface area contributed by atoms with Gasteiger partial charge in [0.25, 0.3) is 5.91 Å². The maximum Gasteiger partial charge on any atom is 0.289 e. The van der Waals surface area contributed by atoms with Crippen LogP contribution in [0, 0.1) is 5.92 Å². The Morgan fingerprint density at radius 3 is 2.62 bits per heavy atom. The highest BCUT2D eigenvalue weighted by molar-refractivity contribution is 5.99. The molecule has 0 saturated carbocycles. The second-order valence-electron chi connectivity index (χ2n) is 7.92. The second-order valence-corrected chi connectivity index (χ2v) is 7.92. The summed E-state index contributed by atoms with van der Waals surface area (Å²) >= 11 is 0. The van der Waals surface area contributed by atoms with Crippen molar-refractivity contribution < 1.29 is 28.2 Å². The SMILES string of the molecule is COc1ccc(-c2ccc(C(=O)N3CCCC(C(=O)c4ccc5c(c4)OCO5)C3)o2)cc1. The van der Waals surface area contributed by atoms with Crippen molar-refractivity contribution in [2.24, 2.45) is 5.92 Å². The first-order valence-electron chi connectivity index (χ1n) is 10.6. The van der Waals surface area contributed by atoms with Gasteiger partial charge in [0.2, 0.25) is 6.79 Å². The summed E-state index contributed by atoms with van der Waals surface area (Å²) in [5, 5.41) is 0. The number of ketones is 1. The summed E-state index contributed by atoms with van der Waals surface area (Å²) in [5.74, 6) is 2.42. The molecule has 2 aliphatic rings. The number of nitrogens with zero attached hydrogens (tertiary/aromatic N) is 1. The van der Waals surface area contributed by atoms with Crippen LogP contribution in [0.5, 0.6) is 17.2 Å². The van der Waals surface area contributed by atoms with Gasteiger partial charge in [0.05, 0.1) is 7.11 Å². The number of benzene rings is 2. The van der Waals surface area contributed by atoms with Gasteiger partial charge in [-0.15, -0.1) is 0 Å². The van der Waals surface area contributed by atoms with Gasteiger partial charge < -0.3 is 23.5 Å². The number of Topliss-reactive ketones (excluding diaryl/α,β-unsaturated/α-hetero) is 1. The average molecular weight is 433 g/mol. The van der Waals surface area contributed by atoms with Crippen molar-refractivity contribution in [1.82, 2.24) is 4.90 Å². The van der Waals surface area contributed by atoms with E-state index in [1.807, 2.05) is 24.3 Å². The van der Waals surface area contributed by atoms with E-state index < -0.39 is 0 Å². The zero-order chi connectivity index (χ0) is 22.1. The number of likely N-dealkylation sites (tertiary alicyclic amines) is 1. The van der Waals surface area contributed by atoms with E-state index in [2.05, 4.69) is 0 Å². The smallest absolute Gasteiger partial charge is 0.289 e. The lowest BCUT2D eigenvalue weighted by Crippen LogP contribution is -2.42. The topological polar surface area (TPSA) is 78.2 Å². The van der Waals surface area contributed by atoms with Crippen LogP contribution < -0.4 is 14.2 Å². The van der Waals surface area contributed by atoms with Crippen LogP contribution in [0.1, 0.15) is 33.8 Å². The number of carbonyl (C=O) groups is 2. The molecule has 5 rings (SSSR count). The summed E-state index contributed by atoms with van der Waals surface area (Å²) in [6, 6.07) is 16.2. The second kappa shape index (κ2) is 8.42. The van der Waals surface area contributed by atoms with Gasteiger partial charge in [-0.3, -0.25) is 9.59 Å². The van der Waals surface area contributed by atoms with Crippen molar-refractivity contribution in [2.45, 2.75) is 12.8 Å². The third-order valence-corrected chi connectivity index (χ3v) is 5.93. The Balaban J connectivity index is 1.28. The van der Waals surface area contributed by atoms with Gasteiger partial charge in [-0.25, -0.2) is 0 Å². The molecule has 1 unspecified atom stereocenters. The normalized spacial score (nSPS) is 17.3. The number of carbonyl (C=O) groups excluding carboxylic acids is 2. The molecule has 7 heteroatoms. The molecule has 1 atom stereocenters. The van der Waals surface area contributed by atoms with Gasteiger partial charge >= 0.3 is 0 Å². The third kappa shape index (κ3) is 3.82. The molecule has 0 N–H and O–H groups in total. The fourth-order valence-corrected chi connectivity index (χ4v) is 4.18. The summed E-state index contributed by atoms with van der Waals surface area (Å²) < 4.78 is 21.7. The van der Waals surface area contributed by atoms with Crippen LogP contribution in [0.15, 0.2) is 59.0 Å². The van der Waals surface area contributed by atoms with Gasteiger partial charge in [0.1, 0.15) is 11.5 Å². The maximum absolute atomic E-state index is 13.1. The van der Waals surface area contributed by atoms with Crippen molar-refractivity contribution >= 4 is 11.7 Å². The minimum Gasteiger partial charge on any atom is -0.497 e. The molecule has 1 aromatic heterocycles. The Morgan fingerprint density at radius 2 is 1.81 bits per heavy atom. The molecular weight excluding hydrogens is 410 g/mol.